The molecule has 0 bridgehead atoms. The maximum Gasteiger partial charge on any atom is 0.277 e. The Morgan fingerprint density at radius 2 is 2.03 bits per heavy atom. The van der Waals surface area contributed by atoms with E-state index in [1.54, 1.807) is 26.8 Å². The summed E-state index contributed by atoms with van der Waals surface area (Å²) >= 11 is 5.50. The number of anilines is 2. The summed E-state index contributed by atoms with van der Waals surface area (Å²) in [6.45, 7) is 4.97. The minimum absolute atomic E-state index is 0.102. The first-order valence-electron chi connectivity index (χ1n) is 8.43. The predicted octanol–water partition coefficient (Wildman–Crippen LogP) is 2.44. The van der Waals surface area contributed by atoms with Crippen LogP contribution in [0.25, 0.3) is 0 Å². The number of hydrogen-bond acceptors (Lipinski definition) is 6. The Hall–Kier alpha value is -3.42. The number of aryl methyl sites for hydroxylation is 1. The van der Waals surface area contributed by atoms with Gasteiger partial charge >= 0.3 is 0 Å². The van der Waals surface area contributed by atoms with Crippen molar-refractivity contribution in [2.75, 3.05) is 9.80 Å². The number of nitrogens with one attached hydrogen (secondary N) is 1. The Kier molecular flexibility index (Phi) is 5.04. The van der Waals surface area contributed by atoms with E-state index in [1.165, 1.54) is 33.6 Å². The van der Waals surface area contributed by atoms with Crippen LogP contribution in [0.15, 0.2) is 30.5 Å². The van der Waals surface area contributed by atoms with E-state index >= 15 is 0 Å². The Morgan fingerprint density at radius 1 is 1.34 bits per heavy atom. The van der Waals surface area contributed by atoms with Gasteiger partial charge in [-0.1, -0.05) is 0 Å². The highest BCUT2D eigenvalue weighted by atomic mass is 32.1. The third-order valence-electron chi connectivity index (χ3n) is 4.65. The molecule has 0 radical (unpaired) electrons. The summed E-state index contributed by atoms with van der Waals surface area (Å²) in [5.74, 6) is -2.23. The number of benzene rings is 1. The molecular weight excluding hydrogens is 397 g/mol. The first-order chi connectivity index (χ1) is 13.6. The molecule has 10 heteroatoms. The van der Waals surface area contributed by atoms with Gasteiger partial charge in [0.25, 0.3) is 11.8 Å². The number of thiocarbonyl (C=S) groups is 1. The van der Waals surface area contributed by atoms with Gasteiger partial charge in [-0.2, -0.15) is 5.26 Å². The molecular formula is C19H16FN5O3S. The summed E-state index contributed by atoms with van der Waals surface area (Å²) in [4.78, 5) is 31.4. The minimum atomic E-state index is -1.15. The molecule has 1 fully saturated rings. The van der Waals surface area contributed by atoms with Gasteiger partial charge in [-0.15, -0.1) is 0 Å². The number of nitriles is 1. The molecule has 1 saturated heterocycles. The van der Waals surface area contributed by atoms with Crippen LogP contribution in [-0.4, -0.2) is 32.7 Å². The summed E-state index contributed by atoms with van der Waals surface area (Å²) in [5, 5.41) is 17.9. The largest absolute Gasteiger partial charge is 0.303 e. The molecule has 2 aromatic rings. The van der Waals surface area contributed by atoms with Crippen molar-refractivity contribution in [3.63, 3.8) is 0 Å². The third kappa shape index (κ3) is 3.20. The zero-order valence-electron chi connectivity index (χ0n) is 15.7. The van der Waals surface area contributed by atoms with E-state index in [2.05, 4.69) is 4.98 Å². The van der Waals surface area contributed by atoms with Gasteiger partial charge in [0.15, 0.2) is 5.11 Å². The van der Waals surface area contributed by atoms with Gasteiger partial charge in [-0.3, -0.25) is 19.7 Å². The minimum Gasteiger partial charge on any atom is -0.303 e. The first kappa shape index (κ1) is 20.3. The number of hydrogen-bond donors (Lipinski definition) is 2. The van der Waals surface area contributed by atoms with Crippen molar-refractivity contribution in [1.82, 2.24) is 10.5 Å². The average Bonchev–Trinajstić information content (AvgIpc) is 2.85. The summed E-state index contributed by atoms with van der Waals surface area (Å²) in [6.07, 6.45) is 1.38. The molecule has 1 aromatic heterocycles. The summed E-state index contributed by atoms with van der Waals surface area (Å²) in [5.41, 5.74) is 1.36. The molecule has 2 amide bonds. The molecule has 0 saturated carbocycles. The zero-order chi connectivity index (χ0) is 21.5. The Bertz CT molecular complexity index is 1100. The molecule has 0 spiro atoms. The van der Waals surface area contributed by atoms with E-state index in [1.807, 2.05) is 6.07 Å². The third-order valence-corrected chi connectivity index (χ3v) is 5.02. The normalized spacial score (nSPS) is 15.4. The van der Waals surface area contributed by atoms with Gasteiger partial charge < -0.3 is 4.90 Å². The monoisotopic (exact) mass is 413 g/mol. The van der Waals surface area contributed by atoms with E-state index < -0.39 is 17.3 Å². The van der Waals surface area contributed by atoms with E-state index in [9.17, 15) is 14.0 Å². The van der Waals surface area contributed by atoms with Crippen molar-refractivity contribution in [2.24, 2.45) is 0 Å². The molecule has 2 heterocycles. The molecule has 0 aliphatic carbocycles. The maximum atomic E-state index is 14.4. The highest BCUT2D eigenvalue weighted by Crippen LogP contribution is 2.37. The summed E-state index contributed by atoms with van der Waals surface area (Å²) in [7, 11) is 0. The van der Waals surface area contributed by atoms with Crippen LogP contribution in [0.2, 0.25) is 0 Å². The number of amides is 2. The second-order valence-corrected chi connectivity index (χ2v) is 7.26. The number of hydroxylamine groups is 1. The van der Waals surface area contributed by atoms with Crippen molar-refractivity contribution in [3.05, 3.63) is 53.1 Å². The van der Waals surface area contributed by atoms with Crippen LogP contribution in [0, 0.1) is 24.1 Å². The van der Waals surface area contributed by atoms with Crippen LogP contribution in [-0.2, 0) is 4.79 Å². The van der Waals surface area contributed by atoms with Crippen LogP contribution in [0.3, 0.4) is 0 Å². The number of pyridine rings is 1. The van der Waals surface area contributed by atoms with E-state index in [-0.39, 0.29) is 28.0 Å². The first-order valence-corrected chi connectivity index (χ1v) is 8.83. The standard InChI is InChI=1S/C19H16FN5O3S/c1-10-6-12(9-22-15(10)8-21)24-17(27)19(2,3)25(18(24)29)11-4-5-13(14(20)7-11)16(26)23-28/h4-7,9,28H,1-3H3,(H,23,26). The predicted molar refractivity (Wildman–Crippen MR) is 106 cm³/mol. The van der Waals surface area contributed by atoms with Crippen LogP contribution >= 0.6 is 12.2 Å². The van der Waals surface area contributed by atoms with Crippen LogP contribution in [0.4, 0.5) is 15.8 Å². The lowest BCUT2D eigenvalue weighted by Gasteiger charge is -2.29. The molecule has 148 valence electrons. The highest BCUT2D eigenvalue weighted by Gasteiger charge is 2.50. The number of nitrogens with zero attached hydrogens (tertiary/aromatic N) is 4. The second kappa shape index (κ2) is 7.20. The van der Waals surface area contributed by atoms with Gasteiger partial charge in [-0.25, -0.2) is 14.9 Å². The van der Waals surface area contributed by atoms with Crippen molar-refractivity contribution < 1.29 is 19.2 Å². The lowest BCUT2D eigenvalue weighted by atomic mass is 10.0. The van der Waals surface area contributed by atoms with Crippen LogP contribution < -0.4 is 15.3 Å². The SMILES string of the molecule is Cc1cc(N2C(=O)C(C)(C)N(c3ccc(C(=O)NO)c(F)c3)C2=S)cnc1C#N. The second-order valence-electron chi connectivity index (χ2n) is 6.89. The smallest absolute Gasteiger partial charge is 0.277 e. The Balaban J connectivity index is 2.06. The van der Waals surface area contributed by atoms with Gasteiger partial charge in [0.05, 0.1) is 17.4 Å². The number of carbonyl (C=O) groups is 2. The molecule has 29 heavy (non-hydrogen) atoms. The summed E-state index contributed by atoms with van der Waals surface area (Å²) in [6, 6.07) is 7.28. The fourth-order valence-electron chi connectivity index (χ4n) is 3.14. The van der Waals surface area contributed by atoms with E-state index in [0.717, 1.165) is 6.07 Å². The van der Waals surface area contributed by atoms with Crippen molar-refractivity contribution >= 4 is 40.5 Å². The van der Waals surface area contributed by atoms with Crippen molar-refractivity contribution in [1.29, 1.82) is 5.26 Å². The fourth-order valence-corrected chi connectivity index (χ4v) is 3.66. The molecule has 8 nitrogen and oxygen atoms in total. The molecule has 1 aliphatic heterocycles. The molecule has 0 atom stereocenters. The maximum absolute atomic E-state index is 14.4. The quantitative estimate of drug-likeness (QED) is 0.452. The van der Waals surface area contributed by atoms with Crippen LogP contribution in [0.1, 0.15) is 35.5 Å². The lowest BCUT2D eigenvalue weighted by Crippen LogP contribution is -2.44. The highest BCUT2D eigenvalue weighted by molar-refractivity contribution is 7.81. The van der Waals surface area contributed by atoms with E-state index in [4.69, 9.17) is 22.7 Å². The molecule has 0 unspecified atom stereocenters. The number of aromatic nitrogens is 1. The number of rotatable bonds is 3. The summed E-state index contributed by atoms with van der Waals surface area (Å²) < 4.78 is 14.4. The Labute approximate surface area is 171 Å². The topological polar surface area (TPSA) is 110 Å². The average molecular weight is 413 g/mol. The Morgan fingerprint density at radius 3 is 2.59 bits per heavy atom. The molecule has 1 aliphatic rings. The van der Waals surface area contributed by atoms with Crippen LogP contribution in [0.5, 0.6) is 0 Å². The van der Waals surface area contributed by atoms with Gasteiger partial charge in [0.1, 0.15) is 23.1 Å². The number of carbonyl (C=O) groups excluding carboxylic acids is 2. The molecule has 1 aromatic carbocycles. The zero-order valence-corrected chi connectivity index (χ0v) is 16.5. The lowest BCUT2D eigenvalue weighted by molar-refractivity contribution is -0.120. The van der Waals surface area contributed by atoms with Gasteiger partial charge in [0.2, 0.25) is 0 Å². The molecule has 3 rings (SSSR count). The van der Waals surface area contributed by atoms with Gasteiger partial charge in [-0.05, 0) is 62.8 Å². The van der Waals surface area contributed by atoms with Gasteiger partial charge in [0, 0.05) is 5.69 Å². The fraction of sp³-hybridized carbons (Fsp3) is 0.211. The number of halogens is 1. The van der Waals surface area contributed by atoms with Crippen molar-refractivity contribution in [2.45, 2.75) is 26.3 Å². The van der Waals surface area contributed by atoms with E-state index in [0.29, 0.717) is 11.3 Å². The van der Waals surface area contributed by atoms with Crippen molar-refractivity contribution in [3.8, 4) is 6.07 Å². The molecule has 2 N–H and O–H groups in total.